The predicted molar refractivity (Wildman–Crippen MR) is 115 cm³/mol. The molecule has 1 fully saturated rings. The first-order valence-corrected chi connectivity index (χ1v) is 11.0. The number of amides is 1. The van der Waals surface area contributed by atoms with E-state index in [9.17, 15) is 27.5 Å². The molecule has 0 aliphatic heterocycles. The van der Waals surface area contributed by atoms with Crippen molar-refractivity contribution in [2.75, 3.05) is 12.4 Å². The fourth-order valence-corrected chi connectivity index (χ4v) is 3.61. The molecular formula is C21H17FN2O9S. The van der Waals surface area contributed by atoms with Gasteiger partial charge < -0.3 is 24.1 Å². The highest BCUT2D eigenvalue weighted by Crippen LogP contribution is 2.47. The summed E-state index contributed by atoms with van der Waals surface area (Å²) in [6.45, 7) is 0. The summed E-state index contributed by atoms with van der Waals surface area (Å²) in [5.74, 6) is -3.22. The average Bonchev–Trinajstić information content (AvgIpc) is 3.56. The summed E-state index contributed by atoms with van der Waals surface area (Å²) in [6.07, 6.45) is 1.76. The lowest BCUT2D eigenvalue weighted by atomic mass is 10.1. The van der Waals surface area contributed by atoms with Crippen molar-refractivity contribution in [3.8, 4) is 23.0 Å². The molecule has 1 aliphatic rings. The van der Waals surface area contributed by atoms with Crippen molar-refractivity contribution in [1.29, 1.82) is 0 Å². The lowest BCUT2D eigenvalue weighted by Gasteiger charge is -2.14. The lowest BCUT2D eigenvalue weighted by molar-refractivity contribution is -0.147. The van der Waals surface area contributed by atoms with Crippen LogP contribution in [0.15, 0.2) is 42.6 Å². The number of hydrogen-bond acceptors (Lipinski definition) is 8. The zero-order chi connectivity index (χ0) is 24.7. The first kappa shape index (κ1) is 23.2. The number of aliphatic carboxylic acids is 1. The maximum absolute atomic E-state index is 14.7. The van der Waals surface area contributed by atoms with E-state index in [4.69, 9.17) is 14.0 Å². The van der Waals surface area contributed by atoms with Crippen molar-refractivity contribution in [2.45, 2.75) is 12.8 Å². The van der Waals surface area contributed by atoms with Crippen LogP contribution in [0.1, 0.15) is 12.8 Å². The molecule has 1 aromatic heterocycles. The van der Waals surface area contributed by atoms with Gasteiger partial charge in [0.1, 0.15) is 11.2 Å². The van der Waals surface area contributed by atoms with Gasteiger partial charge in [-0.3, -0.25) is 19.1 Å². The average molecular weight is 492 g/mol. The van der Waals surface area contributed by atoms with Gasteiger partial charge in [-0.15, -0.1) is 0 Å². The van der Waals surface area contributed by atoms with Crippen LogP contribution in [0.5, 0.6) is 23.0 Å². The third-order valence-electron chi connectivity index (χ3n) is 5.19. The summed E-state index contributed by atoms with van der Waals surface area (Å²) >= 11 is 0. The van der Waals surface area contributed by atoms with E-state index in [0.717, 1.165) is 6.07 Å². The van der Waals surface area contributed by atoms with Crippen LogP contribution in [-0.2, 0) is 20.0 Å². The number of anilines is 1. The molecule has 13 heteroatoms. The molecule has 178 valence electrons. The highest BCUT2D eigenvalue weighted by Gasteiger charge is 2.57. The molecule has 1 heterocycles. The number of carboxylic acids is 1. The van der Waals surface area contributed by atoms with Crippen molar-refractivity contribution >= 4 is 38.9 Å². The van der Waals surface area contributed by atoms with Gasteiger partial charge in [-0.2, -0.15) is 8.42 Å². The van der Waals surface area contributed by atoms with Gasteiger partial charge in [-0.25, -0.2) is 4.39 Å². The molecule has 1 aliphatic carbocycles. The summed E-state index contributed by atoms with van der Waals surface area (Å²) in [5.41, 5.74) is -1.21. The van der Waals surface area contributed by atoms with Crippen molar-refractivity contribution in [2.24, 2.45) is 5.41 Å². The second kappa shape index (κ2) is 8.43. The summed E-state index contributed by atoms with van der Waals surface area (Å²) in [5, 5.41) is 11.9. The van der Waals surface area contributed by atoms with Crippen molar-refractivity contribution in [3.05, 3.63) is 48.4 Å². The van der Waals surface area contributed by atoms with Gasteiger partial charge in [0.15, 0.2) is 23.1 Å². The normalized spacial score (nSPS) is 14.3. The maximum Gasteiger partial charge on any atom is 0.446 e. The molecule has 0 radical (unpaired) electrons. The van der Waals surface area contributed by atoms with Gasteiger partial charge in [-0.1, -0.05) is 0 Å². The molecule has 34 heavy (non-hydrogen) atoms. The van der Waals surface area contributed by atoms with Crippen LogP contribution in [0, 0.1) is 11.2 Å². The van der Waals surface area contributed by atoms with E-state index in [-0.39, 0.29) is 47.0 Å². The SMILES string of the molecule is COc1cc2c(Oc3ccc(NC(=O)C4(C(=O)O)CC4)cc3F)ccnc2cc1OS(=O)(=O)O. The Morgan fingerprint density at radius 1 is 1.09 bits per heavy atom. The topological polar surface area (TPSA) is 161 Å². The molecule has 1 amide bonds. The predicted octanol–water partition coefficient (Wildman–Crippen LogP) is 3.16. The Kier molecular flexibility index (Phi) is 5.75. The van der Waals surface area contributed by atoms with Gasteiger partial charge >= 0.3 is 16.4 Å². The number of hydrogen-bond donors (Lipinski definition) is 3. The van der Waals surface area contributed by atoms with Crippen molar-refractivity contribution in [1.82, 2.24) is 4.98 Å². The molecular weight excluding hydrogens is 475 g/mol. The Labute approximate surface area is 192 Å². The highest BCUT2D eigenvalue weighted by atomic mass is 32.3. The maximum atomic E-state index is 14.7. The van der Waals surface area contributed by atoms with Gasteiger partial charge in [0.25, 0.3) is 0 Å². The zero-order valence-electron chi connectivity index (χ0n) is 17.4. The Bertz CT molecular complexity index is 1420. The first-order chi connectivity index (χ1) is 16.0. The number of nitrogens with one attached hydrogen (secondary N) is 1. The summed E-state index contributed by atoms with van der Waals surface area (Å²) in [7, 11) is -3.57. The number of halogens is 1. The Morgan fingerprint density at radius 3 is 2.41 bits per heavy atom. The third kappa shape index (κ3) is 4.56. The summed E-state index contributed by atoms with van der Waals surface area (Å²) < 4.78 is 61.0. The number of ether oxygens (including phenoxy) is 2. The number of carbonyl (C=O) groups is 2. The fourth-order valence-electron chi connectivity index (χ4n) is 3.25. The van der Waals surface area contributed by atoms with E-state index >= 15 is 0 Å². The Morgan fingerprint density at radius 2 is 1.82 bits per heavy atom. The Hall–Kier alpha value is -3.97. The van der Waals surface area contributed by atoms with Gasteiger partial charge in [0.05, 0.1) is 12.6 Å². The quantitative estimate of drug-likeness (QED) is 0.315. The summed E-state index contributed by atoms with van der Waals surface area (Å²) in [4.78, 5) is 27.6. The number of benzene rings is 2. The molecule has 0 atom stereocenters. The van der Waals surface area contributed by atoms with E-state index in [1.165, 1.54) is 43.6 Å². The number of carboxylic acid groups (broad SMARTS) is 1. The van der Waals surface area contributed by atoms with Crippen LogP contribution in [0.3, 0.4) is 0 Å². The molecule has 2 aromatic carbocycles. The summed E-state index contributed by atoms with van der Waals surface area (Å²) in [6, 6.07) is 7.57. The van der Waals surface area contributed by atoms with Gasteiger partial charge in [0.2, 0.25) is 5.91 Å². The second-order valence-corrected chi connectivity index (χ2v) is 8.45. The van der Waals surface area contributed by atoms with Crippen molar-refractivity contribution < 1.29 is 45.7 Å². The minimum atomic E-state index is -4.82. The molecule has 1 saturated carbocycles. The number of methoxy groups -OCH3 is 1. The standard InChI is InChI=1S/C21H17FN2O9S/c1-31-17-9-12-14(10-18(17)33-34(28,29)30)23-7-4-15(12)32-16-3-2-11(8-13(16)22)24-19(25)21(5-6-21)20(26)27/h2-4,7-10H,5-6H2,1H3,(H,24,25)(H,26,27)(H,28,29,30). The molecule has 11 nitrogen and oxygen atoms in total. The van der Waals surface area contributed by atoms with E-state index in [1.54, 1.807) is 0 Å². The molecule has 0 saturated heterocycles. The number of aromatic nitrogens is 1. The third-order valence-corrected chi connectivity index (χ3v) is 5.58. The number of fused-ring (bicyclic) bond motifs is 1. The van der Waals surface area contributed by atoms with E-state index in [1.807, 2.05) is 0 Å². The molecule has 3 aromatic rings. The van der Waals surface area contributed by atoms with Crippen LogP contribution >= 0.6 is 0 Å². The number of rotatable bonds is 8. The van der Waals surface area contributed by atoms with E-state index in [0.29, 0.717) is 5.39 Å². The number of pyridine rings is 1. The smallest absolute Gasteiger partial charge is 0.446 e. The van der Waals surface area contributed by atoms with Crippen LogP contribution < -0.4 is 19.0 Å². The fraction of sp³-hybridized carbons (Fsp3) is 0.190. The van der Waals surface area contributed by atoms with Crippen LogP contribution in [0.4, 0.5) is 10.1 Å². The molecule has 0 bridgehead atoms. The van der Waals surface area contributed by atoms with Crippen LogP contribution in [0.25, 0.3) is 10.9 Å². The van der Waals surface area contributed by atoms with Crippen LogP contribution in [0.2, 0.25) is 0 Å². The van der Waals surface area contributed by atoms with Crippen molar-refractivity contribution in [3.63, 3.8) is 0 Å². The molecule has 0 spiro atoms. The zero-order valence-corrected chi connectivity index (χ0v) is 18.3. The second-order valence-electron chi connectivity index (χ2n) is 7.43. The highest BCUT2D eigenvalue weighted by molar-refractivity contribution is 7.81. The first-order valence-electron chi connectivity index (χ1n) is 9.68. The van der Waals surface area contributed by atoms with Gasteiger partial charge in [-0.05, 0) is 37.1 Å². The van der Waals surface area contributed by atoms with E-state index in [2.05, 4.69) is 14.5 Å². The monoisotopic (exact) mass is 492 g/mol. The number of carbonyl (C=O) groups excluding carboxylic acids is 1. The minimum Gasteiger partial charge on any atom is -0.493 e. The lowest BCUT2D eigenvalue weighted by Crippen LogP contribution is -2.31. The molecule has 3 N–H and O–H groups in total. The number of nitrogens with zero attached hydrogens (tertiary/aromatic N) is 1. The largest absolute Gasteiger partial charge is 0.493 e. The molecule has 4 rings (SSSR count). The van der Waals surface area contributed by atoms with E-state index < -0.39 is 33.5 Å². The van der Waals surface area contributed by atoms with Gasteiger partial charge in [0, 0.05) is 29.4 Å². The Balaban J connectivity index is 1.61. The van der Waals surface area contributed by atoms with Crippen LogP contribution in [-0.4, -0.2) is 42.0 Å². The minimum absolute atomic E-state index is 0.0612. The molecule has 0 unspecified atom stereocenters.